The van der Waals surface area contributed by atoms with Crippen molar-refractivity contribution < 1.29 is 17.7 Å². The molecule has 2 aromatic rings. The predicted octanol–water partition coefficient (Wildman–Crippen LogP) is 2.23. The summed E-state index contributed by atoms with van der Waals surface area (Å²) in [6.07, 6.45) is -3.00. The van der Waals surface area contributed by atoms with Gasteiger partial charge in [0.1, 0.15) is 5.69 Å². The van der Waals surface area contributed by atoms with Crippen molar-refractivity contribution in [3.8, 4) is 11.5 Å². The van der Waals surface area contributed by atoms with Crippen molar-refractivity contribution in [2.24, 2.45) is 0 Å². The molecule has 1 fully saturated rings. The van der Waals surface area contributed by atoms with Crippen LogP contribution in [0.15, 0.2) is 22.9 Å². The van der Waals surface area contributed by atoms with Crippen LogP contribution in [0.4, 0.5) is 13.2 Å². The van der Waals surface area contributed by atoms with Crippen LogP contribution in [0.2, 0.25) is 0 Å². The van der Waals surface area contributed by atoms with Crippen molar-refractivity contribution >= 4 is 0 Å². The van der Waals surface area contributed by atoms with E-state index < -0.39 is 17.5 Å². The minimum absolute atomic E-state index is 0.0734. The van der Waals surface area contributed by atoms with E-state index in [-0.39, 0.29) is 25.3 Å². The normalized spacial score (nSPS) is 22.7. The van der Waals surface area contributed by atoms with Gasteiger partial charge in [-0.15, -0.1) is 0 Å². The molecule has 0 radical (unpaired) electrons. The van der Waals surface area contributed by atoms with Crippen molar-refractivity contribution in [2.45, 2.75) is 24.9 Å². The Kier molecular flexibility index (Phi) is 3.20. The Hall–Kier alpha value is -1.96. The first-order chi connectivity index (χ1) is 9.92. The summed E-state index contributed by atoms with van der Waals surface area (Å²) in [5, 5.41) is 6.37. The fraction of sp³-hybridized carbons (Fsp3) is 0.462. The molecule has 112 valence electrons. The summed E-state index contributed by atoms with van der Waals surface area (Å²) >= 11 is 0. The first-order valence-electron chi connectivity index (χ1n) is 6.47. The number of nitrogens with one attached hydrogen (secondary N) is 1. The second-order valence-corrected chi connectivity index (χ2v) is 5.15. The smallest absolute Gasteiger partial charge is 0.338 e. The molecule has 1 unspecified atom stereocenters. The van der Waals surface area contributed by atoms with E-state index in [0.29, 0.717) is 5.69 Å². The van der Waals surface area contributed by atoms with Crippen molar-refractivity contribution in [2.75, 3.05) is 13.1 Å². The number of halogens is 3. The van der Waals surface area contributed by atoms with Crippen LogP contribution in [-0.2, 0) is 5.41 Å². The molecule has 0 bridgehead atoms. The van der Waals surface area contributed by atoms with Gasteiger partial charge in [0.2, 0.25) is 11.7 Å². The predicted molar refractivity (Wildman–Crippen MR) is 67.5 cm³/mol. The second kappa shape index (κ2) is 4.80. The van der Waals surface area contributed by atoms with Crippen molar-refractivity contribution in [3.63, 3.8) is 0 Å². The lowest BCUT2D eigenvalue weighted by Crippen LogP contribution is -2.44. The molecule has 1 N–H and O–H groups in total. The molecule has 8 heteroatoms. The average molecular weight is 298 g/mol. The summed E-state index contributed by atoms with van der Waals surface area (Å²) in [5.74, 6) is -0.331. The standard InChI is InChI=1S/C13H13F3N4O/c1-8-2-4-18-9(6-8)10-19-11(21-20-10)12(13(14,15)16)3-5-17-7-12/h2,4,6,17H,3,5,7H2,1H3. The summed E-state index contributed by atoms with van der Waals surface area (Å²) in [5.41, 5.74) is -0.796. The fourth-order valence-electron chi connectivity index (χ4n) is 2.42. The lowest BCUT2D eigenvalue weighted by atomic mass is 9.86. The molecular weight excluding hydrogens is 285 g/mol. The van der Waals surface area contributed by atoms with Crippen LogP contribution >= 0.6 is 0 Å². The van der Waals surface area contributed by atoms with Gasteiger partial charge in [-0.2, -0.15) is 18.2 Å². The zero-order valence-electron chi connectivity index (χ0n) is 11.2. The van der Waals surface area contributed by atoms with Gasteiger partial charge in [0.05, 0.1) is 0 Å². The van der Waals surface area contributed by atoms with Gasteiger partial charge in [0, 0.05) is 12.7 Å². The molecule has 0 aliphatic carbocycles. The van der Waals surface area contributed by atoms with E-state index in [1.165, 1.54) is 0 Å². The Bertz CT molecular complexity index is 647. The molecule has 0 aromatic carbocycles. The van der Waals surface area contributed by atoms with E-state index in [2.05, 4.69) is 20.4 Å². The summed E-state index contributed by atoms with van der Waals surface area (Å²) in [6, 6.07) is 3.48. The summed E-state index contributed by atoms with van der Waals surface area (Å²) < 4.78 is 45.1. The van der Waals surface area contributed by atoms with Gasteiger partial charge in [-0.1, -0.05) is 5.16 Å². The van der Waals surface area contributed by atoms with Gasteiger partial charge in [0.15, 0.2) is 5.41 Å². The number of hydrogen-bond acceptors (Lipinski definition) is 5. The quantitative estimate of drug-likeness (QED) is 0.921. The van der Waals surface area contributed by atoms with Crippen molar-refractivity contribution in [1.82, 2.24) is 20.4 Å². The molecule has 1 aliphatic heterocycles. The Morgan fingerprint density at radius 2 is 2.19 bits per heavy atom. The van der Waals surface area contributed by atoms with Crippen LogP contribution in [0.1, 0.15) is 17.9 Å². The Morgan fingerprint density at radius 1 is 1.38 bits per heavy atom. The maximum atomic E-state index is 13.4. The lowest BCUT2D eigenvalue weighted by molar-refractivity contribution is -0.191. The van der Waals surface area contributed by atoms with Crippen LogP contribution in [0.25, 0.3) is 11.5 Å². The third kappa shape index (κ3) is 2.29. The topological polar surface area (TPSA) is 63.8 Å². The van der Waals surface area contributed by atoms with Crippen LogP contribution in [-0.4, -0.2) is 34.4 Å². The second-order valence-electron chi connectivity index (χ2n) is 5.15. The molecule has 1 saturated heterocycles. The molecule has 0 spiro atoms. The molecule has 0 saturated carbocycles. The highest BCUT2D eigenvalue weighted by Gasteiger charge is 2.61. The number of rotatable bonds is 2. The molecule has 21 heavy (non-hydrogen) atoms. The van der Waals surface area contributed by atoms with Crippen LogP contribution < -0.4 is 5.32 Å². The Morgan fingerprint density at radius 3 is 2.81 bits per heavy atom. The number of aryl methyl sites for hydroxylation is 1. The van der Waals surface area contributed by atoms with Crippen LogP contribution in [0, 0.1) is 6.92 Å². The highest BCUT2D eigenvalue weighted by molar-refractivity contribution is 5.49. The lowest BCUT2D eigenvalue weighted by Gasteiger charge is -2.26. The molecule has 5 nitrogen and oxygen atoms in total. The zero-order chi connectivity index (χ0) is 15.1. The maximum Gasteiger partial charge on any atom is 0.404 e. The van der Waals surface area contributed by atoms with Crippen molar-refractivity contribution in [3.05, 3.63) is 29.8 Å². The zero-order valence-corrected chi connectivity index (χ0v) is 11.2. The third-order valence-corrected chi connectivity index (χ3v) is 3.68. The number of alkyl halides is 3. The first kappa shape index (κ1) is 14.0. The van der Waals surface area contributed by atoms with Gasteiger partial charge in [-0.05, 0) is 37.6 Å². The van der Waals surface area contributed by atoms with E-state index in [1.54, 1.807) is 18.3 Å². The molecule has 1 aliphatic rings. The molecule has 0 amide bonds. The monoisotopic (exact) mass is 298 g/mol. The molecule has 3 rings (SSSR count). The van der Waals surface area contributed by atoms with Gasteiger partial charge in [-0.3, -0.25) is 4.98 Å². The average Bonchev–Trinajstić information content (AvgIpc) is 3.08. The van der Waals surface area contributed by atoms with E-state index in [0.717, 1.165) is 5.56 Å². The van der Waals surface area contributed by atoms with Crippen LogP contribution in [0.3, 0.4) is 0 Å². The summed E-state index contributed by atoms with van der Waals surface area (Å²) in [4.78, 5) is 7.99. The van der Waals surface area contributed by atoms with E-state index in [1.807, 2.05) is 6.92 Å². The van der Waals surface area contributed by atoms with E-state index in [4.69, 9.17) is 4.52 Å². The highest BCUT2D eigenvalue weighted by Crippen LogP contribution is 2.44. The minimum atomic E-state index is -4.44. The minimum Gasteiger partial charge on any atom is -0.338 e. The molecule has 2 aromatic heterocycles. The number of aromatic nitrogens is 3. The number of hydrogen-bond donors (Lipinski definition) is 1. The summed E-state index contributed by atoms with van der Waals surface area (Å²) in [7, 11) is 0. The summed E-state index contributed by atoms with van der Waals surface area (Å²) in [6.45, 7) is 1.86. The van der Waals surface area contributed by atoms with Crippen molar-refractivity contribution in [1.29, 1.82) is 0 Å². The van der Waals surface area contributed by atoms with E-state index in [9.17, 15) is 13.2 Å². The molecule has 1 atom stereocenters. The SMILES string of the molecule is Cc1ccnc(-c2noc(C3(C(F)(F)F)CCNC3)n2)c1. The van der Waals surface area contributed by atoms with Gasteiger partial charge in [0.25, 0.3) is 0 Å². The van der Waals surface area contributed by atoms with E-state index >= 15 is 0 Å². The number of pyridine rings is 1. The van der Waals surface area contributed by atoms with Gasteiger partial charge in [-0.25, -0.2) is 0 Å². The Labute approximate surface area is 118 Å². The highest BCUT2D eigenvalue weighted by atomic mass is 19.4. The van der Waals surface area contributed by atoms with Crippen LogP contribution in [0.5, 0.6) is 0 Å². The Balaban J connectivity index is 2.01. The number of nitrogens with zero attached hydrogens (tertiary/aromatic N) is 3. The first-order valence-corrected chi connectivity index (χ1v) is 6.47. The van der Waals surface area contributed by atoms with Gasteiger partial charge < -0.3 is 9.84 Å². The molecular formula is C13H13F3N4O. The third-order valence-electron chi connectivity index (χ3n) is 3.68. The largest absolute Gasteiger partial charge is 0.404 e. The maximum absolute atomic E-state index is 13.4. The fourth-order valence-corrected chi connectivity index (χ4v) is 2.42. The van der Waals surface area contributed by atoms with Gasteiger partial charge >= 0.3 is 6.18 Å². The molecule has 3 heterocycles.